The molecule has 0 aliphatic rings. The van der Waals surface area contributed by atoms with Crippen LogP contribution in [0.4, 0.5) is 5.82 Å². The SMILES string of the molecule is Cc1nnc2c(NCC(C)C)nccn12. The van der Waals surface area contributed by atoms with Crippen LogP contribution in [0.2, 0.25) is 0 Å². The number of rotatable bonds is 3. The van der Waals surface area contributed by atoms with Crippen LogP contribution in [0.1, 0.15) is 19.7 Å². The van der Waals surface area contributed by atoms with E-state index in [-0.39, 0.29) is 0 Å². The largest absolute Gasteiger partial charge is 0.367 e. The van der Waals surface area contributed by atoms with Gasteiger partial charge >= 0.3 is 0 Å². The van der Waals surface area contributed by atoms with Crippen molar-refractivity contribution >= 4 is 11.5 Å². The Balaban J connectivity index is 2.34. The van der Waals surface area contributed by atoms with E-state index in [4.69, 9.17) is 0 Å². The Hall–Kier alpha value is -1.65. The zero-order chi connectivity index (χ0) is 10.8. The van der Waals surface area contributed by atoms with Crippen LogP contribution in [0.3, 0.4) is 0 Å². The van der Waals surface area contributed by atoms with Crippen LogP contribution < -0.4 is 5.32 Å². The van der Waals surface area contributed by atoms with Gasteiger partial charge in [0.15, 0.2) is 5.82 Å². The summed E-state index contributed by atoms with van der Waals surface area (Å²) in [5.41, 5.74) is 0.788. The summed E-state index contributed by atoms with van der Waals surface area (Å²) in [6, 6.07) is 0. The van der Waals surface area contributed by atoms with Gasteiger partial charge in [-0.2, -0.15) is 0 Å². The first-order valence-corrected chi connectivity index (χ1v) is 5.08. The molecule has 0 aliphatic carbocycles. The Morgan fingerprint density at radius 2 is 2.20 bits per heavy atom. The number of nitrogens with zero attached hydrogens (tertiary/aromatic N) is 4. The van der Waals surface area contributed by atoms with Gasteiger partial charge in [-0.3, -0.25) is 4.40 Å². The lowest BCUT2D eigenvalue weighted by molar-refractivity contribution is 0.687. The van der Waals surface area contributed by atoms with Gasteiger partial charge in [-0.15, -0.1) is 10.2 Å². The highest BCUT2D eigenvalue weighted by Crippen LogP contribution is 2.12. The second-order valence-electron chi connectivity index (χ2n) is 3.99. The van der Waals surface area contributed by atoms with Crippen LogP contribution in [-0.4, -0.2) is 26.1 Å². The molecule has 2 aromatic heterocycles. The Labute approximate surface area is 88.6 Å². The van der Waals surface area contributed by atoms with Crippen LogP contribution in [0, 0.1) is 12.8 Å². The Morgan fingerprint density at radius 1 is 1.40 bits per heavy atom. The summed E-state index contributed by atoms with van der Waals surface area (Å²) in [4.78, 5) is 4.26. The lowest BCUT2D eigenvalue weighted by Crippen LogP contribution is -2.10. The summed E-state index contributed by atoms with van der Waals surface area (Å²) in [6.07, 6.45) is 3.62. The molecular formula is C10H15N5. The van der Waals surface area contributed by atoms with E-state index in [1.54, 1.807) is 6.20 Å². The molecule has 15 heavy (non-hydrogen) atoms. The first-order valence-electron chi connectivity index (χ1n) is 5.08. The van der Waals surface area contributed by atoms with E-state index in [1.165, 1.54) is 0 Å². The first kappa shape index (κ1) is 9.89. The quantitative estimate of drug-likeness (QED) is 0.825. The third kappa shape index (κ3) is 1.91. The van der Waals surface area contributed by atoms with Crippen LogP contribution >= 0.6 is 0 Å². The predicted molar refractivity (Wildman–Crippen MR) is 58.8 cm³/mol. The lowest BCUT2D eigenvalue weighted by Gasteiger charge is -2.08. The smallest absolute Gasteiger partial charge is 0.203 e. The molecule has 80 valence electrons. The van der Waals surface area contributed by atoms with Gasteiger partial charge in [0.05, 0.1) is 0 Å². The van der Waals surface area contributed by atoms with Crippen molar-refractivity contribution in [3.8, 4) is 0 Å². The van der Waals surface area contributed by atoms with E-state index in [0.717, 1.165) is 23.8 Å². The number of aryl methyl sites for hydroxylation is 1. The zero-order valence-electron chi connectivity index (χ0n) is 9.23. The molecule has 0 amide bonds. The normalized spacial score (nSPS) is 11.2. The molecule has 0 spiro atoms. The minimum absolute atomic E-state index is 0.580. The summed E-state index contributed by atoms with van der Waals surface area (Å²) in [5, 5.41) is 11.4. The fourth-order valence-electron chi connectivity index (χ4n) is 1.37. The van der Waals surface area contributed by atoms with Crippen molar-refractivity contribution < 1.29 is 0 Å². The number of hydrogen-bond acceptors (Lipinski definition) is 4. The summed E-state index contributed by atoms with van der Waals surface area (Å²) in [5.74, 6) is 2.25. The Kier molecular flexibility index (Phi) is 2.53. The first-order chi connectivity index (χ1) is 7.18. The average molecular weight is 205 g/mol. The molecule has 5 nitrogen and oxygen atoms in total. The molecule has 0 saturated heterocycles. The van der Waals surface area contributed by atoms with Gasteiger partial charge in [0.1, 0.15) is 5.82 Å². The highest BCUT2D eigenvalue weighted by molar-refractivity contribution is 5.61. The van der Waals surface area contributed by atoms with Gasteiger partial charge in [-0.1, -0.05) is 13.8 Å². The summed E-state index contributed by atoms with van der Waals surface area (Å²) in [7, 11) is 0. The van der Waals surface area contributed by atoms with Crippen LogP contribution in [-0.2, 0) is 0 Å². The number of fused-ring (bicyclic) bond motifs is 1. The molecule has 5 heteroatoms. The van der Waals surface area contributed by atoms with Gasteiger partial charge in [0.2, 0.25) is 5.65 Å². The van der Waals surface area contributed by atoms with Crippen molar-refractivity contribution in [2.75, 3.05) is 11.9 Å². The van der Waals surface area contributed by atoms with E-state index < -0.39 is 0 Å². The van der Waals surface area contributed by atoms with Crippen molar-refractivity contribution in [1.29, 1.82) is 0 Å². The molecule has 0 atom stereocenters. The van der Waals surface area contributed by atoms with Crippen molar-refractivity contribution in [3.63, 3.8) is 0 Å². The number of hydrogen-bond donors (Lipinski definition) is 1. The van der Waals surface area contributed by atoms with Gasteiger partial charge in [-0.25, -0.2) is 4.98 Å². The zero-order valence-corrected chi connectivity index (χ0v) is 9.23. The van der Waals surface area contributed by atoms with Crippen LogP contribution in [0.15, 0.2) is 12.4 Å². The fourth-order valence-corrected chi connectivity index (χ4v) is 1.37. The minimum atomic E-state index is 0.580. The average Bonchev–Trinajstić information content (AvgIpc) is 2.58. The van der Waals surface area contributed by atoms with Crippen molar-refractivity contribution in [2.24, 2.45) is 5.92 Å². The van der Waals surface area contributed by atoms with E-state index in [2.05, 4.69) is 34.3 Å². The molecular weight excluding hydrogens is 190 g/mol. The second kappa shape index (κ2) is 3.84. The van der Waals surface area contributed by atoms with Gasteiger partial charge in [0.25, 0.3) is 0 Å². The van der Waals surface area contributed by atoms with Gasteiger partial charge in [-0.05, 0) is 12.8 Å². The standard InChI is InChI=1S/C10H15N5/c1-7(2)6-12-9-10-14-13-8(3)15(10)5-4-11-9/h4-5,7H,6H2,1-3H3,(H,11,12). The number of anilines is 1. The highest BCUT2D eigenvalue weighted by atomic mass is 15.3. The molecule has 0 fully saturated rings. The van der Waals surface area contributed by atoms with Crippen molar-refractivity contribution in [2.45, 2.75) is 20.8 Å². The molecule has 0 saturated carbocycles. The summed E-state index contributed by atoms with van der Waals surface area (Å²) >= 11 is 0. The van der Waals surface area contributed by atoms with Crippen molar-refractivity contribution in [3.05, 3.63) is 18.2 Å². The molecule has 0 bridgehead atoms. The minimum Gasteiger partial charge on any atom is -0.367 e. The van der Waals surface area contributed by atoms with E-state index >= 15 is 0 Å². The number of aromatic nitrogens is 4. The molecule has 0 unspecified atom stereocenters. The maximum absolute atomic E-state index is 4.26. The maximum atomic E-state index is 4.26. The van der Waals surface area contributed by atoms with Crippen molar-refractivity contribution in [1.82, 2.24) is 19.6 Å². The van der Waals surface area contributed by atoms with Gasteiger partial charge in [0, 0.05) is 18.9 Å². The predicted octanol–water partition coefficient (Wildman–Crippen LogP) is 1.50. The maximum Gasteiger partial charge on any atom is 0.203 e. The fraction of sp³-hybridized carbons (Fsp3) is 0.500. The molecule has 2 heterocycles. The Bertz CT molecular complexity index is 460. The molecule has 1 N–H and O–H groups in total. The topological polar surface area (TPSA) is 55.1 Å². The molecule has 2 aromatic rings. The molecule has 0 aliphatic heterocycles. The monoisotopic (exact) mass is 205 g/mol. The second-order valence-corrected chi connectivity index (χ2v) is 3.99. The van der Waals surface area contributed by atoms with E-state index in [9.17, 15) is 0 Å². The van der Waals surface area contributed by atoms with Crippen LogP contribution in [0.25, 0.3) is 5.65 Å². The van der Waals surface area contributed by atoms with E-state index in [0.29, 0.717) is 5.92 Å². The molecule has 0 aromatic carbocycles. The van der Waals surface area contributed by atoms with E-state index in [1.807, 2.05) is 17.5 Å². The number of nitrogens with one attached hydrogen (secondary N) is 1. The molecule has 0 radical (unpaired) electrons. The third-order valence-electron chi connectivity index (χ3n) is 2.18. The lowest BCUT2D eigenvalue weighted by atomic mass is 10.2. The summed E-state index contributed by atoms with van der Waals surface area (Å²) < 4.78 is 1.93. The Morgan fingerprint density at radius 3 is 2.93 bits per heavy atom. The third-order valence-corrected chi connectivity index (χ3v) is 2.18. The van der Waals surface area contributed by atoms with Crippen LogP contribution in [0.5, 0.6) is 0 Å². The highest BCUT2D eigenvalue weighted by Gasteiger charge is 2.07. The molecule has 2 rings (SSSR count). The van der Waals surface area contributed by atoms with Gasteiger partial charge < -0.3 is 5.32 Å². The summed E-state index contributed by atoms with van der Waals surface area (Å²) in [6.45, 7) is 7.12.